The smallest absolute Gasteiger partial charge is 0.335 e. The molecule has 14 heteroatoms. The van der Waals surface area contributed by atoms with Crippen LogP contribution in [0.2, 0.25) is 22.2 Å². The van der Waals surface area contributed by atoms with Gasteiger partial charge in [-0.25, -0.2) is 17.6 Å². The predicted molar refractivity (Wildman–Crippen MR) is 169 cm³/mol. The second-order valence-corrected chi connectivity index (χ2v) is 23.4. The van der Waals surface area contributed by atoms with Gasteiger partial charge in [-0.2, -0.15) is 0 Å². The molecule has 2 N–H and O–H groups in total. The molecule has 3 aliphatic heterocycles. The van der Waals surface area contributed by atoms with Crippen molar-refractivity contribution in [2.24, 2.45) is 0 Å². The second kappa shape index (κ2) is 13.3. The van der Waals surface area contributed by atoms with Gasteiger partial charge in [0.1, 0.15) is 16.8 Å². The van der Waals surface area contributed by atoms with Gasteiger partial charge < -0.3 is 27.8 Å². The zero-order valence-corrected chi connectivity index (χ0v) is 29.9. The Kier molecular flexibility index (Phi) is 10.5. The van der Waals surface area contributed by atoms with Crippen molar-refractivity contribution in [1.29, 1.82) is 0 Å². The fraction of sp³-hybridized carbons (Fsp3) is 0.633. The molecule has 0 radical (unpaired) electrons. The van der Waals surface area contributed by atoms with Crippen molar-refractivity contribution in [3.8, 4) is 0 Å². The van der Waals surface area contributed by atoms with E-state index >= 15 is 0 Å². The lowest BCUT2D eigenvalue weighted by atomic mass is 10.0. The lowest BCUT2D eigenvalue weighted by Gasteiger charge is -2.51. The molecular weight excluding hydrogens is 624 g/mol. The molecule has 0 saturated carbocycles. The molecule has 0 aromatic heterocycles. The number of hydrogen-bond acceptors (Lipinski definition) is 8. The zero-order valence-electron chi connectivity index (χ0n) is 27.1. The summed E-state index contributed by atoms with van der Waals surface area (Å²) < 4.78 is 75.0. The lowest BCUT2D eigenvalue weighted by molar-refractivity contribution is -0.0323. The van der Waals surface area contributed by atoms with Crippen molar-refractivity contribution in [1.82, 2.24) is 10.6 Å². The minimum atomic E-state index is -4.32. The fourth-order valence-electron chi connectivity index (χ4n) is 6.41. The number of halogens is 1. The summed E-state index contributed by atoms with van der Waals surface area (Å²) in [5.41, 5.74) is 0.799. The molecule has 2 fully saturated rings. The monoisotopic (exact) mass is 670 g/mol. The van der Waals surface area contributed by atoms with Gasteiger partial charge in [0.15, 0.2) is 0 Å². The van der Waals surface area contributed by atoms with Crippen molar-refractivity contribution in [3.63, 3.8) is 0 Å². The van der Waals surface area contributed by atoms with E-state index in [9.17, 15) is 17.6 Å². The van der Waals surface area contributed by atoms with Crippen LogP contribution in [-0.2, 0) is 32.3 Å². The maximum Gasteiger partial charge on any atom is 0.335 e. The first-order valence-corrected chi connectivity index (χ1v) is 20.9. The summed E-state index contributed by atoms with van der Waals surface area (Å²) >= 11 is 0. The normalized spacial score (nSPS) is 26.5. The highest BCUT2D eigenvalue weighted by atomic mass is 32.2. The molecule has 0 bridgehead atoms. The van der Waals surface area contributed by atoms with Crippen LogP contribution < -0.4 is 10.6 Å². The van der Waals surface area contributed by atoms with Gasteiger partial charge in [0.05, 0.1) is 42.1 Å². The molecule has 246 valence electrons. The first-order valence-electron chi connectivity index (χ1n) is 15.4. The average molecular weight is 671 g/mol. The van der Waals surface area contributed by atoms with Crippen LogP contribution in [0.25, 0.3) is 0 Å². The maximum atomic E-state index is 14.6. The molecule has 0 aliphatic carbocycles. The minimum Gasteiger partial charge on any atom is -0.479 e. The molecule has 0 spiro atoms. The van der Waals surface area contributed by atoms with Gasteiger partial charge in [0.25, 0.3) is 0 Å². The van der Waals surface area contributed by atoms with Gasteiger partial charge in [0.2, 0.25) is 15.7 Å². The molecule has 3 atom stereocenters. The van der Waals surface area contributed by atoms with E-state index in [1.807, 2.05) is 0 Å². The Bertz CT molecular complexity index is 1380. The van der Waals surface area contributed by atoms with E-state index in [2.05, 4.69) is 66.0 Å². The van der Waals surface area contributed by atoms with Crippen molar-refractivity contribution in [2.75, 3.05) is 13.2 Å². The Hall–Kier alpha value is -2.08. The highest BCUT2D eigenvalue weighted by Gasteiger charge is 2.60. The third-order valence-electron chi connectivity index (χ3n) is 8.58. The van der Waals surface area contributed by atoms with Crippen LogP contribution in [0.1, 0.15) is 68.7 Å². The molecule has 44 heavy (non-hydrogen) atoms. The number of carbonyl (C=O) groups excluding carboxylic acids is 1. The molecule has 3 heterocycles. The fourth-order valence-corrected chi connectivity index (χ4v) is 18.9. The largest absolute Gasteiger partial charge is 0.479 e. The highest BCUT2D eigenvalue weighted by molar-refractivity contribution is 7.94. The third-order valence-corrected chi connectivity index (χ3v) is 20.4. The Morgan fingerprint density at radius 1 is 0.977 bits per heavy atom. The summed E-state index contributed by atoms with van der Waals surface area (Å²) in [6.45, 7) is 19.3. The van der Waals surface area contributed by atoms with Gasteiger partial charge in [-0.1, -0.05) is 67.5 Å². The van der Waals surface area contributed by atoms with E-state index < -0.39 is 62.0 Å². The summed E-state index contributed by atoms with van der Waals surface area (Å²) in [6, 6.07) is 4.41. The van der Waals surface area contributed by atoms with Crippen LogP contribution in [0.4, 0.5) is 9.18 Å². The van der Waals surface area contributed by atoms with Gasteiger partial charge in [0, 0.05) is 6.42 Å². The minimum absolute atomic E-state index is 0.0544. The van der Waals surface area contributed by atoms with Crippen molar-refractivity contribution < 1.29 is 40.0 Å². The van der Waals surface area contributed by atoms with E-state index in [-0.39, 0.29) is 47.0 Å². The number of benzene rings is 1. The Balaban J connectivity index is 1.80. The topological polar surface area (TPSA) is 121 Å². The van der Waals surface area contributed by atoms with Crippen LogP contribution in [-0.4, -0.2) is 63.1 Å². The molecule has 4 rings (SSSR count). The summed E-state index contributed by atoms with van der Waals surface area (Å²) in [7, 11) is -10.0. The highest BCUT2D eigenvalue weighted by Crippen LogP contribution is 2.48. The second-order valence-electron chi connectivity index (χ2n) is 12.8. The summed E-state index contributed by atoms with van der Waals surface area (Å²) in [4.78, 5) is 12.1. The number of urea groups is 1. The SMILES string of the molecule is CCOC1=C([C@@H]2C[C@@H]3O[Si](C(C)C)(C(C)C)O[Si](C(C)C)(C(C)C)OC[C@H]3O2)C(=CS(=O)(=O)c2ccccc2F)NC(=O)N1. The number of carbonyl (C=O) groups is 1. The summed E-state index contributed by atoms with van der Waals surface area (Å²) in [5.74, 6) is -0.819. The molecule has 2 amide bonds. The van der Waals surface area contributed by atoms with E-state index in [0.717, 1.165) is 11.5 Å². The maximum absolute atomic E-state index is 14.6. The summed E-state index contributed by atoms with van der Waals surface area (Å²) in [6.07, 6.45) is -1.29. The van der Waals surface area contributed by atoms with Crippen molar-refractivity contribution in [3.05, 3.63) is 52.6 Å². The average Bonchev–Trinajstić information content (AvgIpc) is 3.29. The molecule has 1 aromatic carbocycles. The Labute approximate surface area is 263 Å². The Morgan fingerprint density at radius 3 is 2.16 bits per heavy atom. The van der Waals surface area contributed by atoms with E-state index in [1.165, 1.54) is 18.2 Å². The number of nitrogens with one attached hydrogen (secondary N) is 2. The van der Waals surface area contributed by atoms with Crippen molar-refractivity contribution >= 4 is 33.0 Å². The van der Waals surface area contributed by atoms with Crippen LogP contribution in [0.5, 0.6) is 0 Å². The first-order chi connectivity index (χ1) is 20.6. The number of rotatable bonds is 9. The van der Waals surface area contributed by atoms with Crippen LogP contribution in [0, 0.1) is 5.82 Å². The molecule has 0 unspecified atom stereocenters. The lowest BCUT2D eigenvalue weighted by Crippen LogP contribution is -2.65. The third kappa shape index (κ3) is 6.57. The van der Waals surface area contributed by atoms with Crippen LogP contribution >= 0.6 is 0 Å². The molecule has 10 nitrogen and oxygen atoms in total. The molecule has 1 aromatic rings. The van der Waals surface area contributed by atoms with Crippen LogP contribution in [0.3, 0.4) is 0 Å². The van der Waals surface area contributed by atoms with E-state index in [4.69, 9.17) is 22.4 Å². The molecule has 2 saturated heterocycles. The van der Waals surface area contributed by atoms with Crippen molar-refractivity contribution in [2.45, 2.75) is 114 Å². The van der Waals surface area contributed by atoms with Crippen LogP contribution in [0.15, 0.2) is 51.7 Å². The number of hydrogen-bond donors (Lipinski definition) is 2. The number of amides is 2. The number of ether oxygens (including phenoxy) is 2. The van der Waals surface area contributed by atoms with Gasteiger partial charge in [-0.05, 0) is 41.2 Å². The molecular formula is C30H47FN2O8SSi2. The van der Waals surface area contributed by atoms with E-state index in [1.54, 1.807) is 6.92 Å². The Morgan fingerprint density at radius 2 is 1.59 bits per heavy atom. The summed E-state index contributed by atoms with van der Waals surface area (Å²) in [5, 5.41) is 6.10. The van der Waals surface area contributed by atoms with Gasteiger partial charge >= 0.3 is 23.2 Å². The number of fused-ring (bicyclic) bond motifs is 1. The van der Waals surface area contributed by atoms with Gasteiger partial charge in [-0.3, -0.25) is 5.32 Å². The number of sulfone groups is 1. The molecule has 3 aliphatic rings. The van der Waals surface area contributed by atoms with Gasteiger partial charge in [-0.15, -0.1) is 0 Å². The predicted octanol–water partition coefficient (Wildman–Crippen LogP) is 6.12. The van der Waals surface area contributed by atoms with E-state index in [0.29, 0.717) is 12.0 Å². The first kappa shape index (κ1) is 34.8. The quantitative estimate of drug-likeness (QED) is 0.302. The zero-order chi connectivity index (χ0) is 32.6. The standard InChI is InChI=1S/C30H47FN2O8SSi2/c1-10-37-29-28(23(32-30(34)33-29)17-42(35,36)27-14-12-11-13-22(27)31)25-15-24-26(39-25)16-38-43(18(2)3,19(4)5)41-44(40-24,20(6)7)21(8)9/h11-14,17-21,24-26H,10,15-16H2,1-9H3,(H2,32,33,34)/t24-,25-,26+/m0/s1.